The first-order valence-electron chi connectivity index (χ1n) is 4.67. The lowest BCUT2D eigenvalue weighted by Crippen LogP contribution is -2.16. The van der Waals surface area contributed by atoms with Gasteiger partial charge in [-0.05, 0) is 18.2 Å². The molecule has 2 rings (SSSR count). The number of alkyl halides is 3. The molecule has 0 bridgehead atoms. The first-order chi connectivity index (χ1) is 8.43. The number of nitrogens with zero attached hydrogens (tertiary/aromatic N) is 3. The predicted molar refractivity (Wildman–Crippen MR) is 53.9 cm³/mol. The van der Waals surface area contributed by atoms with Crippen molar-refractivity contribution in [3.8, 4) is 11.8 Å². The van der Waals surface area contributed by atoms with Crippen LogP contribution in [0, 0.1) is 11.3 Å². The van der Waals surface area contributed by atoms with Crippen LogP contribution in [0.15, 0.2) is 29.3 Å². The number of nitriles is 1. The number of hydrogen-bond acceptors (Lipinski definition) is 3. The first kappa shape index (κ1) is 11.9. The number of halogens is 3. The van der Waals surface area contributed by atoms with E-state index in [4.69, 9.17) is 5.26 Å². The molecule has 0 saturated carbocycles. The van der Waals surface area contributed by atoms with Gasteiger partial charge in [-0.25, -0.2) is 14.5 Å². The summed E-state index contributed by atoms with van der Waals surface area (Å²) in [6.07, 6.45) is -3.60. The Kier molecular flexibility index (Phi) is 2.67. The minimum atomic E-state index is -4.66. The van der Waals surface area contributed by atoms with Crippen LogP contribution in [-0.4, -0.2) is 14.8 Å². The molecule has 92 valence electrons. The molecule has 0 fully saturated rings. The van der Waals surface area contributed by atoms with Crippen molar-refractivity contribution in [1.82, 2.24) is 14.8 Å². The Bertz CT molecular complexity index is 677. The van der Waals surface area contributed by atoms with E-state index in [2.05, 4.69) is 10.2 Å². The average molecular weight is 254 g/mol. The molecule has 1 heterocycles. The topological polar surface area (TPSA) is 74.5 Å². The highest BCUT2D eigenvalue weighted by Gasteiger charge is 2.34. The van der Waals surface area contributed by atoms with Crippen LogP contribution in [0.25, 0.3) is 5.69 Å². The van der Waals surface area contributed by atoms with E-state index < -0.39 is 23.0 Å². The molecule has 18 heavy (non-hydrogen) atoms. The van der Waals surface area contributed by atoms with Crippen LogP contribution >= 0.6 is 0 Å². The van der Waals surface area contributed by atoms with Gasteiger partial charge in [0.2, 0.25) is 0 Å². The van der Waals surface area contributed by atoms with Gasteiger partial charge in [0.25, 0.3) is 0 Å². The molecule has 0 atom stereocenters. The maximum Gasteiger partial charge on any atom is 0.417 e. The molecule has 0 aliphatic heterocycles. The first-order valence-corrected chi connectivity index (χ1v) is 4.67. The normalized spacial score (nSPS) is 11.2. The molecule has 0 spiro atoms. The lowest BCUT2D eigenvalue weighted by molar-refractivity contribution is -0.137. The Morgan fingerprint density at radius 3 is 2.61 bits per heavy atom. The smallest absolute Gasteiger partial charge is 0.250 e. The van der Waals surface area contributed by atoms with E-state index in [9.17, 15) is 18.0 Å². The molecule has 1 aromatic heterocycles. The van der Waals surface area contributed by atoms with E-state index in [-0.39, 0.29) is 5.69 Å². The van der Waals surface area contributed by atoms with Gasteiger partial charge in [-0.1, -0.05) is 0 Å². The second kappa shape index (κ2) is 4.03. The predicted octanol–water partition coefficient (Wildman–Crippen LogP) is 1.45. The van der Waals surface area contributed by atoms with Gasteiger partial charge in [-0.15, -0.1) is 0 Å². The fourth-order valence-electron chi connectivity index (χ4n) is 1.45. The highest BCUT2D eigenvalue weighted by Crippen LogP contribution is 2.32. The molecule has 0 aliphatic carbocycles. The van der Waals surface area contributed by atoms with Crippen molar-refractivity contribution >= 4 is 0 Å². The molecule has 1 aromatic carbocycles. The average Bonchev–Trinajstić information content (AvgIpc) is 2.73. The van der Waals surface area contributed by atoms with Crippen molar-refractivity contribution in [2.45, 2.75) is 6.18 Å². The third kappa shape index (κ3) is 1.98. The minimum absolute atomic E-state index is 0.0138. The lowest BCUT2D eigenvalue weighted by atomic mass is 10.1. The monoisotopic (exact) mass is 254 g/mol. The number of benzene rings is 1. The molecule has 0 saturated heterocycles. The van der Waals surface area contributed by atoms with Gasteiger partial charge in [0, 0.05) is 0 Å². The number of nitrogens with one attached hydrogen (secondary N) is 1. The number of hydrogen-bond donors (Lipinski definition) is 1. The van der Waals surface area contributed by atoms with Crippen LogP contribution < -0.4 is 5.69 Å². The van der Waals surface area contributed by atoms with Crippen molar-refractivity contribution in [3.63, 3.8) is 0 Å². The summed E-state index contributed by atoms with van der Waals surface area (Å²) in [6, 6.07) is 4.44. The maximum atomic E-state index is 12.7. The maximum absolute atomic E-state index is 12.7. The number of H-pyrrole nitrogens is 1. The van der Waals surface area contributed by atoms with E-state index in [1.807, 2.05) is 0 Å². The zero-order valence-corrected chi connectivity index (χ0v) is 8.69. The van der Waals surface area contributed by atoms with Gasteiger partial charge in [0.1, 0.15) is 6.33 Å². The van der Waals surface area contributed by atoms with Crippen LogP contribution in [0.2, 0.25) is 0 Å². The molecule has 0 amide bonds. The summed E-state index contributed by atoms with van der Waals surface area (Å²) in [7, 11) is 0. The summed E-state index contributed by atoms with van der Waals surface area (Å²) in [5.74, 6) is 0. The molecule has 0 radical (unpaired) electrons. The van der Waals surface area contributed by atoms with E-state index in [0.717, 1.165) is 23.0 Å². The van der Waals surface area contributed by atoms with E-state index >= 15 is 0 Å². The Labute approximate surface area is 98.1 Å². The third-order valence-electron chi connectivity index (χ3n) is 2.26. The molecule has 2 aromatic rings. The highest BCUT2D eigenvalue weighted by atomic mass is 19.4. The zero-order chi connectivity index (χ0) is 13.3. The number of aromatic amines is 1. The second-order valence-corrected chi connectivity index (χ2v) is 3.37. The Hall–Kier alpha value is -2.56. The summed E-state index contributed by atoms with van der Waals surface area (Å²) in [4.78, 5) is 11.2. The number of rotatable bonds is 1. The van der Waals surface area contributed by atoms with E-state index in [1.165, 1.54) is 12.1 Å². The van der Waals surface area contributed by atoms with Gasteiger partial charge in [0.05, 0.1) is 22.9 Å². The Morgan fingerprint density at radius 2 is 2.11 bits per heavy atom. The lowest BCUT2D eigenvalue weighted by Gasteiger charge is -2.10. The molecular formula is C10H5F3N4O. The van der Waals surface area contributed by atoms with E-state index in [0.29, 0.717) is 0 Å². The largest absolute Gasteiger partial charge is 0.417 e. The quantitative estimate of drug-likeness (QED) is 0.836. The fourth-order valence-corrected chi connectivity index (χ4v) is 1.45. The van der Waals surface area contributed by atoms with Crippen molar-refractivity contribution < 1.29 is 13.2 Å². The SMILES string of the molecule is N#Cc1ccc(-n2cn[nH]c2=O)cc1C(F)(F)F. The Balaban J connectivity index is 2.65. The standard InChI is InChI=1S/C10H5F3N4O/c11-10(12,13)8-3-7(2-1-6(8)4-14)17-5-15-16-9(17)18/h1-3,5H,(H,16,18). The Morgan fingerprint density at radius 1 is 1.39 bits per heavy atom. The third-order valence-corrected chi connectivity index (χ3v) is 2.26. The molecule has 8 heteroatoms. The van der Waals surface area contributed by atoms with Crippen molar-refractivity contribution in [2.24, 2.45) is 0 Å². The van der Waals surface area contributed by atoms with Gasteiger partial charge in [-0.3, -0.25) is 0 Å². The second-order valence-electron chi connectivity index (χ2n) is 3.37. The van der Waals surface area contributed by atoms with Gasteiger partial charge in [-0.2, -0.15) is 23.5 Å². The fraction of sp³-hybridized carbons (Fsp3) is 0.100. The van der Waals surface area contributed by atoms with Crippen molar-refractivity contribution in [3.05, 3.63) is 46.1 Å². The number of aromatic nitrogens is 3. The molecule has 0 unspecified atom stereocenters. The molecule has 5 nitrogen and oxygen atoms in total. The molecule has 1 N–H and O–H groups in total. The van der Waals surface area contributed by atoms with Crippen LogP contribution in [0.5, 0.6) is 0 Å². The van der Waals surface area contributed by atoms with E-state index in [1.54, 1.807) is 0 Å². The summed E-state index contributed by atoms with van der Waals surface area (Å²) >= 11 is 0. The van der Waals surface area contributed by atoms with Gasteiger partial charge >= 0.3 is 11.9 Å². The molecule has 0 aliphatic rings. The van der Waals surface area contributed by atoms with Gasteiger partial charge in [0.15, 0.2) is 0 Å². The van der Waals surface area contributed by atoms with Crippen LogP contribution in [0.3, 0.4) is 0 Å². The van der Waals surface area contributed by atoms with Gasteiger partial charge < -0.3 is 0 Å². The summed E-state index contributed by atoms with van der Waals surface area (Å²) in [6.45, 7) is 0. The minimum Gasteiger partial charge on any atom is -0.250 e. The van der Waals surface area contributed by atoms with Crippen LogP contribution in [0.4, 0.5) is 13.2 Å². The molecular weight excluding hydrogens is 249 g/mol. The summed E-state index contributed by atoms with van der Waals surface area (Å²) in [5, 5.41) is 14.1. The van der Waals surface area contributed by atoms with Crippen molar-refractivity contribution in [2.75, 3.05) is 0 Å². The zero-order valence-electron chi connectivity index (χ0n) is 8.69. The van der Waals surface area contributed by atoms with Crippen LogP contribution in [0.1, 0.15) is 11.1 Å². The van der Waals surface area contributed by atoms with Crippen LogP contribution in [-0.2, 0) is 6.18 Å². The van der Waals surface area contributed by atoms with Crippen molar-refractivity contribution in [1.29, 1.82) is 5.26 Å². The highest BCUT2D eigenvalue weighted by molar-refractivity contribution is 5.47. The summed E-state index contributed by atoms with van der Waals surface area (Å²) in [5.41, 5.74) is -2.26. The summed E-state index contributed by atoms with van der Waals surface area (Å²) < 4.78 is 39.0.